The van der Waals surface area contributed by atoms with Crippen LogP contribution < -0.4 is 5.69 Å². The lowest BCUT2D eigenvalue weighted by molar-refractivity contribution is 0.701. The van der Waals surface area contributed by atoms with Crippen LogP contribution in [0, 0.1) is 22.7 Å². The summed E-state index contributed by atoms with van der Waals surface area (Å²) in [5.74, 6) is 0. The van der Waals surface area contributed by atoms with Gasteiger partial charge in [0.1, 0.15) is 0 Å². The van der Waals surface area contributed by atoms with Gasteiger partial charge in [0.25, 0.3) is 0 Å². The van der Waals surface area contributed by atoms with Gasteiger partial charge in [0.05, 0.1) is 57.4 Å². The summed E-state index contributed by atoms with van der Waals surface area (Å²) in [5.41, 5.74) is 3.77. The first-order chi connectivity index (χ1) is 14.5. The quantitative estimate of drug-likeness (QED) is 0.457. The van der Waals surface area contributed by atoms with Crippen LogP contribution in [0.1, 0.15) is 22.3 Å². The molecule has 5 nitrogen and oxygen atoms in total. The summed E-state index contributed by atoms with van der Waals surface area (Å²) in [6.45, 7) is 0.572. The molecule has 0 aliphatic carbocycles. The average Bonchev–Trinajstić information content (AvgIpc) is 2.99. The Morgan fingerprint density at radius 2 is 1.17 bits per heavy atom. The van der Waals surface area contributed by atoms with Crippen molar-refractivity contribution in [2.24, 2.45) is 0 Å². The van der Waals surface area contributed by atoms with Gasteiger partial charge in [-0.05, 0) is 47.5 Å². The van der Waals surface area contributed by atoms with Crippen LogP contribution in [0.5, 0.6) is 0 Å². The second-order valence-corrected chi connectivity index (χ2v) is 7.65. The lowest BCUT2D eigenvalue weighted by atomic mass is 10.1. The van der Waals surface area contributed by atoms with Crippen LogP contribution in [0.15, 0.2) is 65.5 Å². The van der Waals surface area contributed by atoms with E-state index < -0.39 is 0 Å². The molecule has 0 aliphatic rings. The highest BCUT2D eigenvalue weighted by Gasteiger charge is 2.16. The van der Waals surface area contributed by atoms with Crippen LogP contribution in [0.3, 0.4) is 0 Å². The summed E-state index contributed by atoms with van der Waals surface area (Å²) in [7, 11) is 0. The van der Waals surface area contributed by atoms with E-state index in [0.717, 1.165) is 11.1 Å². The van der Waals surface area contributed by atoms with Crippen LogP contribution in [-0.2, 0) is 13.1 Å². The van der Waals surface area contributed by atoms with Crippen molar-refractivity contribution in [2.75, 3.05) is 0 Å². The third kappa shape index (κ3) is 3.69. The zero-order valence-corrected chi connectivity index (χ0v) is 17.2. The number of rotatable bonds is 4. The molecule has 0 N–H and O–H groups in total. The number of hydrogen-bond acceptors (Lipinski definition) is 3. The minimum Gasteiger partial charge on any atom is -0.287 e. The molecule has 0 fully saturated rings. The fourth-order valence-electron chi connectivity index (χ4n) is 3.46. The van der Waals surface area contributed by atoms with Gasteiger partial charge in [-0.3, -0.25) is 9.13 Å². The highest BCUT2D eigenvalue weighted by atomic mass is 35.5. The number of aromatic nitrogens is 2. The van der Waals surface area contributed by atoms with E-state index in [1.165, 1.54) is 0 Å². The molecule has 4 aromatic rings. The molecule has 0 bridgehead atoms. The van der Waals surface area contributed by atoms with Crippen LogP contribution >= 0.6 is 23.2 Å². The summed E-state index contributed by atoms with van der Waals surface area (Å²) in [6.07, 6.45) is 0. The first kappa shape index (κ1) is 19.8. The molecule has 30 heavy (non-hydrogen) atoms. The first-order valence-electron chi connectivity index (χ1n) is 9.06. The maximum atomic E-state index is 13.3. The highest BCUT2D eigenvalue weighted by Crippen LogP contribution is 2.28. The minimum atomic E-state index is -0.229. The Morgan fingerprint density at radius 1 is 0.733 bits per heavy atom. The van der Waals surface area contributed by atoms with Gasteiger partial charge in [-0.2, -0.15) is 10.5 Å². The average molecular weight is 433 g/mol. The zero-order chi connectivity index (χ0) is 21.3. The van der Waals surface area contributed by atoms with E-state index in [1.54, 1.807) is 57.7 Å². The molecule has 3 aromatic carbocycles. The van der Waals surface area contributed by atoms with E-state index in [0.29, 0.717) is 32.2 Å². The van der Waals surface area contributed by atoms with Gasteiger partial charge in [0.15, 0.2) is 0 Å². The Morgan fingerprint density at radius 3 is 1.57 bits per heavy atom. The molecule has 0 spiro atoms. The Hall–Kier alpha value is -3.51. The summed E-state index contributed by atoms with van der Waals surface area (Å²) < 4.78 is 3.23. The fraction of sp³-hybridized carbons (Fsp3) is 0.0870. The number of halogens is 2. The molecular weight excluding hydrogens is 419 g/mol. The van der Waals surface area contributed by atoms with Crippen LogP contribution in [-0.4, -0.2) is 9.13 Å². The Labute approximate surface area is 182 Å². The third-order valence-electron chi connectivity index (χ3n) is 4.85. The largest absolute Gasteiger partial charge is 0.329 e. The van der Waals surface area contributed by atoms with Crippen LogP contribution in [0.2, 0.25) is 10.0 Å². The van der Waals surface area contributed by atoms with Gasteiger partial charge in [0, 0.05) is 0 Å². The van der Waals surface area contributed by atoms with Crippen molar-refractivity contribution in [3.63, 3.8) is 0 Å². The predicted molar refractivity (Wildman–Crippen MR) is 117 cm³/mol. The Balaban J connectivity index is 1.87. The van der Waals surface area contributed by atoms with Gasteiger partial charge in [-0.15, -0.1) is 0 Å². The Bertz CT molecular complexity index is 1310. The lowest BCUT2D eigenvalue weighted by Crippen LogP contribution is -2.25. The van der Waals surface area contributed by atoms with Gasteiger partial charge in [-0.1, -0.05) is 47.5 Å². The van der Waals surface area contributed by atoms with Gasteiger partial charge >= 0.3 is 5.69 Å². The monoisotopic (exact) mass is 432 g/mol. The molecule has 1 heterocycles. The smallest absolute Gasteiger partial charge is 0.287 e. The normalized spacial score (nSPS) is 10.7. The summed E-state index contributed by atoms with van der Waals surface area (Å²) in [5, 5.41) is 19.0. The minimum absolute atomic E-state index is 0.229. The molecule has 0 saturated heterocycles. The van der Waals surface area contributed by atoms with Crippen molar-refractivity contribution in [3.8, 4) is 12.1 Å². The first-order valence-corrected chi connectivity index (χ1v) is 9.82. The van der Waals surface area contributed by atoms with Crippen molar-refractivity contribution in [2.45, 2.75) is 13.1 Å². The lowest BCUT2D eigenvalue weighted by Gasteiger charge is -2.05. The molecule has 4 rings (SSSR count). The molecule has 0 saturated carbocycles. The fourth-order valence-corrected chi connectivity index (χ4v) is 3.78. The molecule has 0 radical (unpaired) electrons. The molecule has 0 atom stereocenters. The summed E-state index contributed by atoms with van der Waals surface area (Å²) in [4.78, 5) is 13.3. The molecule has 0 unspecified atom stereocenters. The second-order valence-electron chi connectivity index (χ2n) is 6.83. The van der Waals surface area contributed by atoms with E-state index >= 15 is 0 Å². The van der Waals surface area contributed by atoms with Crippen molar-refractivity contribution >= 4 is 34.2 Å². The molecule has 7 heteroatoms. The molecule has 1 aromatic heterocycles. The third-order valence-corrected chi connectivity index (χ3v) is 5.58. The number of imidazole rings is 1. The predicted octanol–water partition coefficient (Wildman–Crippen LogP) is 4.95. The number of fused-ring (bicyclic) bond motifs is 1. The van der Waals surface area contributed by atoms with Gasteiger partial charge < -0.3 is 0 Å². The van der Waals surface area contributed by atoms with E-state index in [9.17, 15) is 4.79 Å². The van der Waals surface area contributed by atoms with Gasteiger partial charge in [-0.25, -0.2) is 4.79 Å². The Kier molecular flexibility index (Phi) is 5.33. The summed E-state index contributed by atoms with van der Waals surface area (Å²) in [6, 6.07) is 21.8. The topological polar surface area (TPSA) is 74.5 Å². The van der Waals surface area contributed by atoms with Crippen molar-refractivity contribution in [1.82, 2.24) is 9.13 Å². The van der Waals surface area contributed by atoms with Crippen LogP contribution in [0.4, 0.5) is 0 Å². The number of benzene rings is 3. The van der Waals surface area contributed by atoms with E-state index in [1.807, 2.05) is 12.1 Å². The number of nitrogens with zero attached hydrogens (tertiary/aromatic N) is 4. The molecule has 0 aliphatic heterocycles. The number of nitriles is 2. The molecular formula is C23H14Cl2N4O. The number of hydrogen-bond donors (Lipinski definition) is 0. The van der Waals surface area contributed by atoms with Crippen LogP contribution in [0.25, 0.3) is 11.0 Å². The maximum Gasteiger partial charge on any atom is 0.329 e. The van der Waals surface area contributed by atoms with Crippen molar-refractivity contribution < 1.29 is 0 Å². The molecule has 0 amide bonds. The van der Waals surface area contributed by atoms with Gasteiger partial charge in [0.2, 0.25) is 0 Å². The highest BCUT2D eigenvalue weighted by molar-refractivity contribution is 6.42. The maximum absolute atomic E-state index is 13.3. The van der Waals surface area contributed by atoms with E-state index in [4.69, 9.17) is 33.7 Å². The SMILES string of the molecule is N#Cc1cccc(Cn2c(=O)n(Cc3cccc(C#N)c3)c3cc(Cl)c(Cl)cc32)c1. The zero-order valence-electron chi connectivity index (χ0n) is 15.6. The second kappa shape index (κ2) is 8.08. The van der Waals surface area contributed by atoms with Crippen molar-refractivity contribution in [1.29, 1.82) is 10.5 Å². The standard InChI is InChI=1S/C23H14Cl2N4O/c24-19-9-21-22(10-20(19)25)29(14-18-6-2-4-16(8-18)12-27)23(30)28(21)13-17-5-1-3-15(7-17)11-26/h1-10H,13-14H2. The summed E-state index contributed by atoms with van der Waals surface area (Å²) >= 11 is 12.5. The van der Waals surface area contributed by atoms with E-state index in [2.05, 4.69) is 12.1 Å². The van der Waals surface area contributed by atoms with E-state index in [-0.39, 0.29) is 18.8 Å². The van der Waals surface area contributed by atoms with Crippen molar-refractivity contribution in [3.05, 3.63) is 103 Å². The molecule has 146 valence electrons.